The van der Waals surface area contributed by atoms with Crippen molar-refractivity contribution in [3.8, 4) is 5.75 Å². The van der Waals surface area contributed by atoms with E-state index < -0.39 is 18.9 Å². The summed E-state index contributed by atoms with van der Waals surface area (Å²) in [6.45, 7) is -1.42. The molecule has 168 valence electrons. The standard InChI is InChI=1S/C24H27F3O4/c25-24(26,27)14-30-20-6-4-15(5-7-20)8-17-10-18(9-16-2-1-3-22(16)17)23-12-19(29)11-21(13-28)31-23/h4-7,9-10,19,21,23,28-29H,1-3,8,11-14H2. The second-order valence-electron chi connectivity index (χ2n) is 8.45. The molecule has 2 aromatic rings. The minimum absolute atomic E-state index is 0.117. The van der Waals surface area contributed by atoms with Gasteiger partial charge in [-0.25, -0.2) is 0 Å². The van der Waals surface area contributed by atoms with E-state index in [1.807, 2.05) is 0 Å². The van der Waals surface area contributed by atoms with Crippen LogP contribution in [0.1, 0.15) is 53.2 Å². The van der Waals surface area contributed by atoms with Gasteiger partial charge in [0, 0.05) is 12.8 Å². The van der Waals surface area contributed by atoms with Crippen molar-refractivity contribution in [2.24, 2.45) is 0 Å². The molecule has 0 saturated carbocycles. The average Bonchev–Trinajstić information content (AvgIpc) is 3.21. The van der Waals surface area contributed by atoms with Crippen molar-refractivity contribution in [1.29, 1.82) is 0 Å². The van der Waals surface area contributed by atoms with Gasteiger partial charge in [-0.2, -0.15) is 13.2 Å². The molecule has 2 aromatic carbocycles. The molecule has 0 radical (unpaired) electrons. The van der Waals surface area contributed by atoms with Gasteiger partial charge in [0.2, 0.25) is 0 Å². The highest BCUT2D eigenvalue weighted by molar-refractivity contribution is 5.45. The number of ether oxygens (including phenoxy) is 2. The summed E-state index contributed by atoms with van der Waals surface area (Å²) in [5.41, 5.74) is 5.80. The molecule has 0 bridgehead atoms. The highest BCUT2D eigenvalue weighted by Gasteiger charge is 2.30. The molecule has 1 aliphatic heterocycles. The number of hydrogen-bond acceptors (Lipinski definition) is 4. The van der Waals surface area contributed by atoms with E-state index >= 15 is 0 Å². The fourth-order valence-corrected chi connectivity index (χ4v) is 4.58. The Morgan fingerprint density at radius 2 is 1.84 bits per heavy atom. The summed E-state index contributed by atoms with van der Waals surface area (Å²) in [6, 6.07) is 11.0. The number of aryl methyl sites for hydroxylation is 1. The monoisotopic (exact) mass is 436 g/mol. The molecule has 3 atom stereocenters. The van der Waals surface area contributed by atoms with E-state index in [2.05, 4.69) is 12.1 Å². The first-order valence-corrected chi connectivity index (χ1v) is 10.7. The van der Waals surface area contributed by atoms with Gasteiger partial charge in [-0.3, -0.25) is 0 Å². The van der Waals surface area contributed by atoms with Crippen molar-refractivity contribution >= 4 is 0 Å². The van der Waals surface area contributed by atoms with Crippen LogP contribution in [0.25, 0.3) is 0 Å². The molecule has 0 spiro atoms. The minimum Gasteiger partial charge on any atom is -0.484 e. The van der Waals surface area contributed by atoms with Gasteiger partial charge in [0.1, 0.15) is 5.75 Å². The van der Waals surface area contributed by atoms with Gasteiger partial charge in [0.05, 0.1) is 24.9 Å². The van der Waals surface area contributed by atoms with Gasteiger partial charge in [0.25, 0.3) is 0 Å². The Morgan fingerprint density at radius 1 is 1.06 bits per heavy atom. The van der Waals surface area contributed by atoms with Crippen LogP contribution in [0.15, 0.2) is 36.4 Å². The summed E-state index contributed by atoms with van der Waals surface area (Å²) >= 11 is 0. The Hall–Kier alpha value is -2.09. The lowest BCUT2D eigenvalue weighted by atomic mass is 9.90. The zero-order valence-corrected chi connectivity index (χ0v) is 17.2. The Labute approximate surface area is 179 Å². The summed E-state index contributed by atoms with van der Waals surface area (Å²) in [7, 11) is 0. The van der Waals surface area contributed by atoms with Crippen molar-refractivity contribution in [1.82, 2.24) is 0 Å². The van der Waals surface area contributed by atoms with Crippen LogP contribution in [-0.2, 0) is 24.0 Å². The molecule has 0 aromatic heterocycles. The third-order valence-corrected chi connectivity index (χ3v) is 6.00. The molecule has 1 fully saturated rings. The number of fused-ring (bicyclic) bond motifs is 1. The zero-order chi connectivity index (χ0) is 22.0. The van der Waals surface area contributed by atoms with Crippen LogP contribution in [0.2, 0.25) is 0 Å². The molecule has 31 heavy (non-hydrogen) atoms. The minimum atomic E-state index is -4.36. The number of halogens is 3. The summed E-state index contributed by atoms with van der Waals surface area (Å²) in [6.07, 6.45) is -0.797. The summed E-state index contributed by atoms with van der Waals surface area (Å²) in [4.78, 5) is 0. The van der Waals surface area contributed by atoms with Gasteiger partial charge in [0.15, 0.2) is 6.61 Å². The van der Waals surface area contributed by atoms with Crippen LogP contribution >= 0.6 is 0 Å². The predicted molar refractivity (Wildman–Crippen MR) is 109 cm³/mol. The van der Waals surface area contributed by atoms with Gasteiger partial charge < -0.3 is 19.7 Å². The molecule has 4 nitrogen and oxygen atoms in total. The number of rotatable bonds is 6. The van der Waals surface area contributed by atoms with E-state index in [-0.39, 0.29) is 24.6 Å². The van der Waals surface area contributed by atoms with Crippen molar-refractivity contribution in [2.75, 3.05) is 13.2 Å². The maximum Gasteiger partial charge on any atom is 0.422 e. The molecule has 2 aliphatic rings. The van der Waals surface area contributed by atoms with Crippen molar-refractivity contribution < 1.29 is 32.9 Å². The largest absolute Gasteiger partial charge is 0.484 e. The number of hydrogen-bond donors (Lipinski definition) is 2. The predicted octanol–water partition coefficient (Wildman–Crippen LogP) is 4.28. The second kappa shape index (κ2) is 9.18. The second-order valence-corrected chi connectivity index (χ2v) is 8.45. The van der Waals surface area contributed by atoms with Crippen molar-refractivity contribution in [3.63, 3.8) is 0 Å². The summed E-state index contributed by atoms with van der Waals surface area (Å²) < 4.78 is 47.8. The lowest BCUT2D eigenvalue weighted by molar-refractivity contribution is -0.153. The van der Waals surface area contributed by atoms with Crippen LogP contribution in [0.3, 0.4) is 0 Å². The lowest BCUT2D eigenvalue weighted by Gasteiger charge is -2.33. The van der Waals surface area contributed by atoms with Crippen LogP contribution in [0.5, 0.6) is 5.75 Å². The smallest absolute Gasteiger partial charge is 0.422 e. The normalized spacial score (nSPS) is 23.6. The molecule has 1 saturated heterocycles. The highest BCUT2D eigenvalue weighted by Crippen LogP contribution is 2.36. The molecule has 1 heterocycles. The fourth-order valence-electron chi connectivity index (χ4n) is 4.58. The molecular formula is C24H27F3O4. The molecule has 1 aliphatic carbocycles. The fraction of sp³-hybridized carbons (Fsp3) is 0.500. The maximum atomic E-state index is 12.3. The van der Waals surface area contributed by atoms with E-state index in [1.54, 1.807) is 24.3 Å². The highest BCUT2D eigenvalue weighted by atomic mass is 19.4. The number of aliphatic hydroxyl groups is 2. The molecule has 2 N–H and O–H groups in total. The quantitative estimate of drug-likeness (QED) is 0.710. The Balaban J connectivity index is 1.53. The summed E-state index contributed by atoms with van der Waals surface area (Å²) in [5.74, 6) is 0.194. The van der Waals surface area contributed by atoms with Gasteiger partial charge in [-0.05, 0) is 65.6 Å². The Morgan fingerprint density at radius 3 is 2.55 bits per heavy atom. The SMILES string of the molecule is OCC1CC(O)CC(c2cc3c(c(Cc4ccc(OCC(F)(F)F)cc4)c2)CCC3)O1. The lowest BCUT2D eigenvalue weighted by Crippen LogP contribution is -2.33. The van der Waals surface area contributed by atoms with E-state index in [4.69, 9.17) is 9.47 Å². The van der Waals surface area contributed by atoms with Crippen LogP contribution in [-0.4, -0.2) is 41.8 Å². The van der Waals surface area contributed by atoms with Crippen LogP contribution < -0.4 is 4.74 Å². The first kappa shape index (κ1) is 22.1. The van der Waals surface area contributed by atoms with Gasteiger partial charge in [-0.15, -0.1) is 0 Å². The topological polar surface area (TPSA) is 58.9 Å². The van der Waals surface area contributed by atoms with E-state index in [0.29, 0.717) is 19.3 Å². The van der Waals surface area contributed by atoms with Crippen LogP contribution in [0.4, 0.5) is 13.2 Å². The van der Waals surface area contributed by atoms with Gasteiger partial charge in [-0.1, -0.05) is 24.3 Å². The Kier molecular flexibility index (Phi) is 6.55. The van der Waals surface area contributed by atoms with Crippen molar-refractivity contribution in [2.45, 2.75) is 63.0 Å². The first-order chi connectivity index (χ1) is 14.8. The van der Waals surface area contributed by atoms with Crippen LogP contribution in [0, 0.1) is 0 Å². The summed E-state index contributed by atoms with van der Waals surface area (Å²) in [5, 5.41) is 19.7. The molecule has 4 rings (SSSR count). The number of alkyl halides is 3. The van der Waals surface area contributed by atoms with E-state index in [0.717, 1.165) is 30.4 Å². The third-order valence-electron chi connectivity index (χ3n) is 6.00. The number of aliphatic hydroxyl groups excluding tert-OH is 2. The van der Waals surface area contributed by atoms with Crippen molar-refractivity contribution in [3.05, 3.63) is 64.2 Å². The third kappa shape index (κ3) is 5.59. The zero-order valence-electron chi connectivity index (χ0n) is 17.2. The molecule has 0 amide bonds. The molecular weight excluding hydrogens is 409 g/mol. The first-order valence-electron chi connectivity index (χ1n) is 10.7. The van der Waals surface area contributed by atoms with Gasteiger partial charge >= 0.3 is 6.18 Å². The molecule has 3 unspecified atom stereocenters. The van der Waals surface area contributed by atoms with E-state index in [9.17, 15) is 23.4 Å². The number of benzene rings is 2. The Bertz CT molecular complexity index is 895. The average molecular weight is 436 g/mol. The molecule has 7 heteroatoms. The van der Waals surface area contributed by atoms with E-state index in [1.165, 1.54) is 16.7 Å². The maximum absolute atomic E-state index is 12.3.